The second-order valence-electron chi connectivity index (χ2n) is 7.95. The first-order chi connectivity index (χ1) is 13.4. The maximum absolute atomic E-state index is 13.5. The predicted molar refractivity (Wildman–Crippen MR) is 102 cm³/mol. The molecule has 2 saturated carbocycles. The van der Waals surface area contributed by atoms with Gasteiger partial charge < -0.3 is 4.98 Å². The molecule has 9 heteroatoms. The van der Waals surface area contributed by atoms with Crippen molar-refractivity contribution in [1.82, 2.24) is 24.7 Å². The van der Waals surface area contributed by atoms with Gasteiger partial charge in [-0.2, -0.15) is 5.10 Å². The number of aromatic amines is 1. The third-order valence-electron chi connectivity index (χ3n) is 6.16. The number of rotatable bonds is 3. The summed E-state index contributed by atoms with van der Waals surface area (Å²) in [6.45, 7) is 1.99. The standard InChI is InChI=1S/C19H21F2N5OS/c1-10-23-15(9-28-10)12-2-3-13(12)16-24-17-14(18(27)25-16)8-22-26(17)11-4-6-19(20,21)7-5-11/h8-9,11-13H,2-7H2,1H3,(H,24,25,27)/t12-,13+/m0/s1. The third-order valence-corrected chi connectivity index (χ3v) is 6.95. The largest absolute Gasteiger partial charge is 0.310 e. The van der Waals surface area contributed by atoms with Gasteiger partial charge in [-0.1, -0.05) is 0 Å². The zero-order valence-corrected chi connectivity index (χ0v) is 16.3. The summed E-state index contributed by atoms with van der Waals surface area (Å²) in [6, 6.07) is -0.141. The van der Waals surface area contributed by atoms with Gasteiger partial charge in [-0.3, -0.25) is 4.79 Å². The lowest BCUT2D eigenvalue weighted by Gasteiger charge is -2.34. The molecule has 0 unspecified atom stereocenters. The van der Waals surface area contributed by atoms with Crippen LogP contribution in [0.2, 0.25) is 0 Å². The molecule has 0 saturated heterocycles. The molecule has 0 spiro atoms. The fourth-order valence-electron chi connectivity index (χ4n) is 4.40. The van der Waals surface area contributed by atoms with Crippen molar-refractivity contribution < 1.29 is 8.78 Å². The number of hydrogen-bond donors (Lipinski definition) is 1. The summed E-state index contributed by atoms with van der Waals surface area (Å²) >= 11 is 1.63. The Kier molecular flexibility index (Phi) is 4.12. The van der Waals surface area contributed by atoms with Crippen molar-refractivity contribution in [2.45, 2.75) is 69.2 Å². The molecule has 2 fully saturated rings. The molecular weight excluding hydrogens is 384 g/mol. The number of alkyl halides is 2. The highest BCUT2D eigenvalue weighted by atomic mass is 32.1. The summed E-state index contributed by atoms with van der Waals surface area (Å²) in [7, 11) is 0. The Bertz CT molecular complexity index is 1080. The first-order valence-corrected chi connectivity index (χ1v) is 10.6. The SMILES string of the molecule is Cc1nc([C@H]2CC[C@H]2c2nc3c(cnn3C3CCC(F)(F)CC3)c(=O)[nH]2)cs1. The number of aryl methyl sites for hydroxylation is 1. The lowest BCUT2D eigenvalue weighted by Crippen LogP contribution is -2.28. The average molecular weight is 405 g/mol. The molecule has 28 heavy (non-hydrogen) atoms. The van der Waals surface area contributed by atoms with Crippen LogP contribution in [-0.4, -0.2) is 30.7 Å². The monoisotopic (exact) mass is 405 g/mol. The summed E-state index contributed by atoms with van der Waals surface area (Å²) in [5, 5.41) is 7.86. The van der Waals surface area contributed by atoms with E-state index in [0.29, 0.717) is 29.7 Å². The van der Waals surface area contributed by atoms with Gasteiger partial charge >= 0.3 is 0 Å². The van der Waals surface area contributed by atoms with Crippen molar-refractivity contribution in [1.29, 1.82) is 0 Å². The van der Waals surface area contributed by atoms with Crippen molar-refractivity contribution in [3.8, 4) is 0 Å². The Balaban J connectivity index is 1.49. The zero-order valence-electron chi connectivity index (χ0n) is 15.5. The van der Waals surface area contributed by atoms with Gasteiger partial charge in [0.15, 0.2) is 5.65 Å². The van der Waals surface area contributed by atoms with Crippen molar-refractivity contribution in [2.75, 3.05) is 0 Å². The molecule has 2 aliphatic rings. The van der Waals surface area contributed by atoms with E-state index in [2.05, 4.69) is 20.4 Å². The average Bonchev–Trinajstić information content (AvgIpc) is 3.21. The molecule has 3 aromatic rings. The van der Waals surface area contributed by atoms with Gasteiger partial charge in [0, 0.05) is 30.1 Å². The highest BCUT2D eigenvalue weighted by Crippen LogP contribution is 2.48. The maximum Gasteiger partial charge on any atom is 0.262 e. The minimum atomic E-state index is -2.60. The van der Waals surface area contributed by atoms with E-state index in [-0.39, 0.29) is 36.3 Å². The Morgan fingerprint density at radius 1 is 1.18 bits per heavy atom. The van der Waals surface area contributed by atoms with Crippen molar-refractivity contribution in [3.63, 3.8) is 0 Å². The topological polar surface area (TPSA) is 76.5 Å². The molecule has 5 rings (SSSR count). The van der Waals surface area contributed by atoms with Crippen LogP contribution in [0.1, 0.15) is 72.9 Å². The summed E-state index contributed by atoms with van der Waals surface area (Å²) < 4.78 is 28.7. The number of fused-ring (bicyclic) bond motifs is 1. The molecule has 0 aliphatic heterocycles. The van der Waals surface area contributed by atoms with Gasteiger partial charge in [0.25, 0.3) is 5.56 Å². The molecule has 148 valence electrons. The third kappa shape index (κ3) is 2.96. The molecule has 1 N–H and O–H groups in total. The van der Waals surface area contributed by atoms with E-state index in [4.69, 9.17) is 4.98 Å². The fourth-order valence-corrected chi connectivity index (χ4v) is 5.07. The van der Waals surface area contributed by atoms with Gasteiger partial charge in [-0.15, -0.1) is 11.3 Å². The lowest BCUT2D eigenvalue weighted by atomic mass is 9.71. The van der Waals surface area contributed by atoms with E-state index in [1.807, 2.05) is 6.92 Å². The van der Waals surface area contributed by atoms with E-state index in [9.17, 15) is 13.6 Å². The number of H-pyrrole nitrogens is 1. The molecule has 0 aromatic carbocycles. The number of nitrogens with zero attached hydrogens (tertiary/aromatic N) is 4. The first-order valence-electron chi connectivity index (χ1n) is 9.68. The van der Waals surface area contributed by atoms with Crippen molar-refractivity contribution in [2.24, 2.45) is 0 Å². The number of nitrogens with one attached hydrogen (secondary N) is 1. The molecule has 0 bridgehead atoms. The van der Waals surface area contributed by atoms with Crippen LogP contribution in [-0.2, 0) is 0 Å². The molecule has 0 radical (unpaired) electrons. The molecule has 3 aromatic heterocycles. The number of aromatic nitrogens is 5. The van der Waals surface area contributed by atoms with Gasteiger partial charge in [-0.05, 0) is 32.6 Å². The Morgan fingerprint density at radius 2 is 1.93 bits per heavy atom. The Hall–Kier alpha value is -2.16. The number of thiazole rings is 1. The molecule has 2 aliphatic carbocycles. The van der Waals surface area contributed by atoms with Crippen LogP contribution in [0.4, 0.5) is 8.78 Å². The van der Waals surface area contributed by atoms with Crippen LogP contribution in [0.3, 0.4) is 0 Å². The van der Waals surface area contributed by atoms with E-state index in [1.54, 1.807) is 16.0 Å². The summed E-state index contributed by atoms with van der Waals surface area (Å²) in [5.74, 6) is -1.56. The first kappa shape index (κ1) is 17.9. The summed E-state index contributed by atoms with van der Waals surface area (Å²) in [6.07, 6.45) is 3.85. The normalized spacial score (nSPS) is 25.1. The quantitative estimate of drug-likeness (QED) is 0.705. The van der Waals surface area contributed by atoms with Crippen LogP contribution >= 0.6 is 11.3 Å². The van der Waals surface area contributed by atoms with E-state index in [0.717, 1.165) is 23.5 Å². The van der Waals surface area contributed by atoms with E-state index >= 15 is 0 Å². The van der Waals surface area contributed by atoms with Crippen LogP contribution in [0.15, 0.2) is 16.4 Å². The summed E-state index contributed by atoms with van der Waals surface area (Å²) in [4.78, 5) is 24.9. The maximum atomic E-state index is 13.5. The minimum absolute atomic E-state index is 0.123. The Morgan fingerprint density at radius 3 is 2.57 bits per heavy atom. The van der Waals surface area contributed by atoms with Crippen LogP contribution < -0.4 is 5.56 Å². The number of halogens is 2. The highest BCUT2D eigenvalue weighted by molar-refractivity contribution is 7.09. The van der Waals surface area contributed by atoms with E-state index < -0.39 is 5.92 Å². The van der Waals surface area contributed by atoms with Crippen LogP contribution in [0.25, 0.3) is 11.0 Å². The molecule has 6 nitrogen and oxygen atoms in total. The van der Waals surface area contributed by atoms with Crippen molar-refractivity contribution in [3.05, 3.63) is 38.5 Å². The van der Waals surface area contributed by atoms with E-state index in [1.165, 1.54) is 6.20 Å². The minimum Gasteiger partial charge on any atom is -0.310 e. The highest BCUT2D eigenvalue weighted by Gasteiger charge is 2.38. The predicted octanol–water partition coefficient (Wildman–Crippen LogP) is 4.30. The van der Waals surface area contributed by atoms with Gasteiger partial charge in [-0.25, -0.2) is 23.4 Å². The summed E-state index contributed by atoms with van der Waals surface area (Å²) in [5.41, 5.74) is 1.35. The second-order valence-corrected chi connectivity index (χ2v) is 9.01. The molecular formula is C19H21F2N5OS. The van der Waals surface area contributed by atoms with Gasteiger partial charge in [0.2, 0.25) is 5.92 Å². The Labute approximate surface area is 164 Å². The number of hydrogen-bond acceptors (Lipinski definition) is 5. The fraction of sp³-hybridized carbons (Fsp3) is 0.579. The molecule has 2 atom stereocenters. The van der Waals surface area contributed by atoms with Crippen molar-refractivity contribution >= 4 is 22.4 Å². The second kappa shape index (κ2) is 6.43. The zero-order chi connectivity index (χ0) is 19.5. The molecule has 3 heterocycles. The van der Waals surface area contributed by atoms with Crippen LogP contribution in [0.5, 0.6) is 0 Å². The van der Waals surface area contributed by atoms with Gasteiger partial charge in [0.1, 0.15) is 11.2 Å². The molecule has 0 amide bonds. The van der Waals surface area contributed by atoms with Gasteiger partial charge in [0.05, 0.1) is 22.9 Å². The van der Waals surface area contributed by atoms with Crippen LogP contribution in [0, 0.1) is 6.92 Å². The lowest BCUT2D eigenvalue weighted by molar-refractivity contribution is -0.0446. The smallest absolute Gasteiger partial charge is 0.262 e.